The molecule has 1 atom stereocenters. The summed E-state index contributed by atoms with van der Waals surface area (Å²) in [4.78, 5) is 13.3. The highest BCUT2D eigenvalue weighted by Crippen LogP contribution is 2.24. The molecule has 1 aromatic heterocycles. The zero-order chi connectivity index (χ0) is 10.3. The number of nitrogens with two attached hydrogens (primary N) is 1. The first-order valence-corrected chi connectivity index (χ1v) is 4.65. The molecule has 0 aliphatic carbocycles. The van der Waals surface area contributed by atoms with Crippen LogP contribution in [0.2, 0.25) is 0 Å². The number of aromatic nitrogens is 2. The van der Waals surface area contributed by atoms with Gasteiger partial charge in [0.1, 0.15) is 0 Å². The Balaban J connectivity index is 2.45. The fraction of sp³-hybridized carbons (Fsp3) is 0.556. The minimum atomic E-state index is -0.382. The van der Waals surface area contributed by atoms with Crippen LogP contribution in [0.5, 0.6) is 0 Å². The first kappa shape index (κ1) is 9.21. The van der Waals surface area contributed by atoms with Crippen molar-refractivity contribution in [3.05, 3.63) is 11.9 Å². The molecule has 14 heavy (non-hydrogen) atoms. The van der Waals surface area contributed by atoms with E-state index in [2.05, 4.69) is 5.10 Å². The zero-order valence-corrected chi connectivity index (χ0v) is 8.40. The Bertz CT molecular complexity index is 371. The van der Waals surface area contributed by atoms with Gasteiger partial charge in [0.05, 0.1) is 23.6 Å². The number of amides is 1. The average molecular weight is 194 g/mol. The topological polar surface area (TPSA) is 64.2 Å². The maximum Gasteiger partial charge on any atom is 0.243 e. The molecule has 1 amide bonds. The molecule has 1 aromatic rings. The summed E-state index contributed by atoms with van der Waals surface area (Å²) in [5.41, 5.74) is 7.69. The SMILES string of the molecule is CN1C(=O)[C@H](N)CCc2c1cnn2C. The van der Waals surface area contributed by atoms with Crippen molar-refractivity contribution < 1.29 is 4.79 Å². The number of carbonyl (C=O) groups excluding carboxylic acids is 1. The number of likely N-dealkylation sites (N-methyl/N-ethyl adjacent to an activating group) is 1. The maximum atomic E-state index is 11.7. The predicted octanol–water partition coefficient (Wildman–Crippen LogP) is -0.344. The summed E-state index contributed by atoms with van der Waals surface area (Å²) in [7, 11) is 3.63. The van der Waals surface area contributed by atoms with Gasteiger partial charge in [-0.1, -0.05) is 0 Å². The van der Waals surface area contributed by atoms with Crippen molar-refractivity contribution in [2.24, 2.45) is 12.8 Å². The van der Waals surface area contributed by atoms with E-state index in [0.717, 1.165) is 17.8 Å². The van der Waals surface area contributed by atoms with E-state index in [-0.39, 0.29) is 11.9 Å². The number of hydrogen-bond donors (Lipinski definition) is 1. The Hall–Kier alpha value is -1.36. The van der Waals surface area contributed by atoms with E-state index in [0.29, 0.717) is 6.42 Å². The standard InChI is InChI=1S/C9H14N4O/c1-12-8-5-11-13(2)7(8)4-3-6(10)9(12)14/h5-6H,3-4,10H2,1-2H3/t6-/m1/s1. The van der Waals surface area contributed by atoms with E-state index in [1.165, 1.54) is 0 Å². The quantitative estimate of drug-likeness (QED) is 0.614. The molecule has 0 bridgehead atoms. The van der Waals surface area contributed by atoms with E-state index >= 15 is 0 Å². The first-order chi connectivity index (χ1) is 6.61. The Morgan fingerprint density at radius 1 is 1.57 bits per heavy atom. The van der Waals surface area contributed by atoms with Gasteiger partial charge in [-0.25, -0.2) is 0 Å². The van der Waals surface area contributed by atoms with E-state index in [9.17, 15) is 4.79 Å². The van der Waals surface area contributed by atoms with Crippen LogP contribution in [0.4, 0.5) is 5.69 Å². The molecule has 2 N–H and O–H groups in total. The van der Waals surface area contributed by atoms with Gasteiger partial charge < -0.3 is 10.6 Å². The van der Waals surface area contributed by atoms with E-state index < -0.39 is 0 Å². The van der Waals surface area contributed by atoms with Gasteiger partial charge in [0.25, 0.3) is 0 Å². The summed E-state index contributed by atoms with van der Waals surface area (Å²) < 4.78 is 1.80. The lowest BCUT2D eigenvalue weighted by Crippen LogP contribution is -2.40. The molecule has 1 aliphatic heterocycles. The third kappa shape index (κ3) is 1.21. The fourth-order valence-corrected chi connectivity index (χ4v) is 1.80. The largest absolute Gasteiger partial charge is 0.320 e. The second kappa shape index (κ2) is 3.09. The molecule has 0 unspecified atom stereocenters. The predicted molar refractivity (Wildman–Crippen MR) is 52.9 cm³/mol. The van der Waals surface area contributed by atoms with E-state index in [4.69, 9.17) is 5.73 Å². The molecule has 0 radical (unpaired) electrons. The number of hydrogen-bond acceptors (Lipinski definition) is 3. The number of aryl methyl sites for hydroxylation is 1. The first-order valence-electron chi connectivity index (χ1n) is 4.65. The smallest absolute Gasteiger partial charge is 0.243 e. The Kier molecular flexibility index (Phi) is 2.03. The summed E-state index contributed by atoms with van der Waals surface area (Å²) in [6, 6.07) is -0.382. The third-order valence-electron chi connectivity index (χ3n) is 2.74. The van der Waals surface area contributed by atoms with Gasteiger partial charge in [-0.2, -0.15) is 5.10 Å². The molecular formula is C9H14N4O. The Morgan fingerprint density at radius 2 is 2.29 bits per heavy atom. The molecule has 1 aliphatic rings. The van der Waals surface area contributed by atoms with Gasteiger partial charge in [0.2, 0.25) is 5.91 Å². The molecule has 0 aromatic carbocycles. The Morgan fingerprint density at radius 3 is 3.00 bits per heavy atom. The van der Waals surface area contributed by atoms with Crippen molar-refractivity contribution in [2.75, 3.05) is 11.9 Å². The summed E-state index contributed by atoms with van der Waals surface area (Å²) >= 11 is 0. The monoisotopic (exact) mass is 194 g/mol. The lowest BCUT2D eigenvalue weighted by molar-refractivity contribution is -0.119. The molecule has 0 saturated carbocycles. The molecule has 2 heterocycles. The fourth-order valence-electron chi connectivity index (χ4n) is 1.80. The summed E-state index contributed by atoms with van der Waals surface area (Å²) in [5, 5.41) is 4.13. The van der Waals surface area contributed by atoms with Crippen LogP contribution in [0.15, 0.2) is 6.20 Å². The van der Waals surface area contributed by atoms with Crippen LogP contribution in [-0.4, -0.2) is 28.8 Å². The van der Waals surface area contributed by atoms with Gasteiger partial charge in [-0.05, 0) is 12.8 Å². The van der Waals surface area contributed by atoms with Crippen LogP contribution >= 0.6 is 0 Å². The van der Waals surface area contributed by atoms with Crippen LogP contribution in [-0.2, 0) is 18.3 Å². The minimum absolute atomic E-state index is 0.0308. The second-order valence-electron chi connectivity index (χ2n) is 3.64. The molecule has 5 nitrogen and oxygen atoms in total. The Labute approximate surface area is 82.5 Å². The van der Waals surface area contributed by atoms with E-state index in [1.54, 1.807) is 22.8 Å². The van der Waals surface area contributed by atoms with Gasteiger partial charge in [-0.15, -0.1) is 0 Å². The highest BCUT2D eigenvalue weighted by atomic mass is 16.2. The van der Waals surface area contributed by atoms with Gasteiger partial charge in [0, 0.05) is 14.1 Å². The van der Waals surface area contributed by atoms with E-state index in [1.807, 2.05) is 7.05 Å². The summed E-state index contributed by atoms with van der Waals surface area (Å²) in [6.45, 7) is 0. The van der Waals surface area contributed by atoms with Crippen molar-refractivity contribution >= 4 is 11.6 Å². The van der Waals surface area contributed by atoms with Crippen molar-refractivity contribution in [3.63, 3.8) is 0 Å². The lowest BCUT2D eigenvalue weighted by atomic mass is 10.1. The number of carbonyl (C=O) groups is 1. The number of rotatable bonds is 0. The van der Waals surface area contributed by atoms with Crippen molar-refractivity contribution in [1.29, 1.82) is 0 Å². The van der Waals surface area contributed by atoms with Gasteiger partial charge in [0.15, 0.2) is 0 Å². The molecule has 5 heteroatoms. The highest BCUT2D eigenvalue weighted by molar-refractivity contribution is 5.97. The molecule has 0 fully saturated rings. The average Bonchev–Trinajstić information content (AvgIpc) is 2.49. The molecule has 0 saturated heterocycles. The molecule has 0 spiro atoms. The maximum absolute atomic E-state index is 11.7. The lowest BCUT2D eigenvalue weighted by Gasteiger charge is -2.16. The van der Waals surface area contributed by atoms with Crippen LogP contribution in [0.1, 0.15) is 12.1 Å². The number of nitrogens with zero attached hydrogens (tertiary/aromatic N) is 3. The van der Waals surface area contributed by atoms with Gasteiger partial charge >= 0.3 is 0 Å². The number of anilines is 1. The second-order valence-corrected chi connectivity index (χ2v) is 3.64. The van der Waals surface area contributed by atoms with Crippen LogP contribution < -0.4 is 10.6 Å². The van der Waals surface area contributed by atoms with Gasteiger partial charge in [-0.3, -0.25) is 9.48 Å². The highest BCUT2D eigenvalue weighted by Gasteiger charge is 2.27. The van der Waals surface area contributed by atoms with Crippen molar-refractivity contribution in [1.82, 2.24) is 9.78 Å². The van der Waals surface area contributed by atoms with Crippen LogP contribution in [0.3, 0.4) is 0 Å². The van der Waals surface area contributed by atoms with Crippen molar-refractivity contribution in [2.45, 2.75) is 18.9 Å². The minimum Gasteiger partial charge on any atom is -0.320 e. The van der Waals surface area contributed by atoms with Crippen molar-refractivity contribution in [3.8, 4) is 0 Å². The molecule has 76 valence electrons. The summed E-state index contributed by atoms with van der Waals surface area (Å²) in [5.74, 6) is -0.0308. The van der Waals surface area contributed by atoms with Crippen LogP contribution in [0.25, 0.3) is 0 Å². The molecule has 2 rings (SSSR count). The zero-order valence-electron chi connectivity index (χ0n) is 8.40. The third-order valence-corrected chi connectivity index (χ3v) is 2.74. The number of fused-ring (bicyclic) bond motifs is 1. The van der Waals surface area contributed by atoms with Crippen LogP contribution in [0, 0.1) is 0 Å². The normalized spacial score (nSPS) is 22.1. The molecular weight excluding hydrogens is 180 g/mol. The summed E-state index contributed by atoms with van der Waals surface area (Å²) in [6.07, 6.45) is 3.21.